The Morgan fingerprint density at radius 1 is 1.06 bits per heavy atom. The number of hydrogen-bond donors (Lipinski definition) is 0. The summed E-state index contributed by atoms with van der Waals surface area (Å²) in [5, 5.41) is 0. The van der Waals surface area contributed by atoms with Gasteiger partial charge in [-0.15, -0.1) is 5.73 Å². The van der Waals surface area contributed by atoms with Crippen LogP contribution in [0, 0.1) is 0 Å². The second-order valence-electron chi connectivity index (χ2n) is 5.52. The van der Waals surface area contributed by atoms with Gasteiger partial charge in [-0.2, -0.15) is 0 Å². The van der Waals surface area contributed by atoms with E-state index in [1.54, 1.807) is 0 Å². The second-order valence-corrected chi connectivity index (χ2v) is 5.52. The van der Waals surface area contributed by atoms with Gasteiger partial charge in [0.25, 0.3) is 0 Å². The third-order valence-electron chi connectivity index (χ3n) is 4.22. The predicted molar refractivity (Wildman–Crippen MR) is 71.3 cm³/mol. The molecule has 2 nitrogen and oxygen atoms in total. The van der Waals surface area contributed by atoms with Crippen LogP contribution in [0.3, 0.4) is 0 Å². The molecular formula is C16H22O2. The predicted octanol–water partition coefficient (Wildman–Crippen LogP) is 3.89. The zero-order chi connectivity index (χ0) is 12.3. The van der Waals surface area contributed by atoms with Crippen LogP contribution in [0.25, 0.3) is 0 Å². The molecule has 98 valence electrons. The van der Waals surface area contributed by atoms with Crippen LogP contribution in [0.2, 0.25) is 0 Å². The molecule has 0 unspecified atom stereocenters. The van der Waals surface area contributed by atoms with Crippen LogP contribution in [0.4, 0.5) is 0 Å². The SMILES string of the molecule is C(=CC1=CCCCC1)=C1CCC2(CC1)OCCO2. The van der Waals surface area contributed by atoms with Gasteiger partial charge in [-0.3, -0.25) is 0 Å². The molecule has 0 aromatic carbocycles. The molecule has 0 radical (unpaired) electrons. The van der Waals surface area contributed by atoms with E-state index in [2.05, 4.69) is 17.9 Å². The van der Waals surface area contributed by atoms with Gasteiger partial charge >= 0.3 is 0 Å². The summed E-state index contributed by atoms with van der Waals surface area (Å²) in [6.07, 6.45) is 13.9. The van der Waals surface area contributed by atoms with Gasteiger partial charge in [0.05, 0.1) is 13.2 Å². The number of rotatable bonds is 1. The third-order valence-corrected chi connectivity index (χ3v) is 4.22. The molecule has 0 N–H and O–H groups in total. The van der Waals surface area contributed by atoms with E-state index < -0.39 is 0 Å². The lowest BCUT2D eigenvalue weighted by Gasteiger charge is -2.31. The molecule has 2 fully saturated rings. The lowest BCUT2D eigenvalue weighted by atomic mass is 9.90. The highest BCUT2D eigenvalue weighted by Gasteiger charge is 2.38. The van der Waals surface area contributed by atoms with Crippen molar-refractivity contribution in [3.8, 4) is 0 Å². The molecule has 1 spiro atoms. The van der Waals surface area contributed by atoms with Crippen molar-refractivity contribution in [2.45, 2.75) is 57.2 Å². The minimum atomic E-state index is -0.241. The molecule has 0 amide bonds. The summed E-state index contributed by atoms with van der Waals surface area (Å²) >= 11 is 0. The first-order chi connectivity index (χ1) is 8.86. The zero-order valence-corrected chi connectivity index (χ0v) is 11.0. The van der Waals surface area contributed by atoms with Gasteiger partial charge in [-0.1, -0.05) is 6.08 Å². The smallest absolute Gasteiger partial charge is 0.169 e. The first-order valence-corrected chi connectivity index (χ1v) is 7.28. The Morgan fingerprint density at radius 3 is 2.50 bits per heavy atom. The quantitative estimate of drug-likeness (QED) is 0.654. The van der Waals surface area contributed by atoms with Crippen molar-refractivity contribution in [2.75, 3.05) is 13.2 Å². The van der Waals surface area contributed by atoms with Crippen LogP contribution in [-0.4, -0.2) is 19.0 Å². The topological polar surface area (TPSA) is 18.5 Å². The van der Waals surface area contributed by atoms with E-state index >= 15 is 0 Å². The van der Waals surface area contributed by atoms with Crippen LogP contribution < -0.4 is 0 Å². The Bertz CT molecular complexity index is 381. The van der Waals surface area contributed by atoms with Crippen LogP contribution in [0.1, 0.15) is 51.4 Å². The first kappa shape index (κ1) is 12.2. The molecule has 1 saturated carbocycles. The van der Waals surface area contributed by atoms with Gasteiger partial charge in [0.2, 0.25) is 0 Å². The van der Waals surface area contributed by atoms with Crippen molar-refractivity contribution in [2.24, 2.45) is 0 Å². The van der Waals surface area contributed by atoms with Gasteiger partial charge in [-0.25, -0.2) is 0 Å². The maximum absolute atomic E-state index is 5.74. The zero-order valence-electron chi connectivity index (χ0n) is 11.0. The number of allylic oxidation sites excluding steroid dienone is 3. The standard InChI is InChI=1S/C16H22O2/c1-2-4-14(5-3-1)6-7-15-8-10-16(11-9-15)17-12-13-18-16/h4,6H,1-3,5,8-13H2. The van der Waals surface area contributed by atoms with Gasteiger partial charge in [0.1, 0.15) is 0 Å². The summed E-state index contributed by atoms with van der Waals surface area (Å²) in [6.45, 7) is 1.53. The summed E-state index contributed by atoms with van der Waals surface area (Å²) in [5.74, 6) is -0.241. The summed E-state index contributed by atoms with van der Waals surface area (Å²) in [6, 6.07) is 0. The molecule has 1 saturated heterocycles. The van der Waals surface area contributed by atoms with Gasteiger partial charge in [0.15, 0.2) is 5.79 Å². The van der Waals surface area contributed by atoms with E-state index in [9.17, 15) is 0 Å². The highest BCUT2D eigenvalue weighted by molar-refractivity contribution is 5.22. The Labute approximate surface area is 109 Å². The molecule has 2 heteroatoms. The second kappa shape index (κ2) is 5.44. The molecule has 3 rings (SSSR count). The summed E-state index contributed by atoms with van der Waals surface area (Å²) < 4.78 is 11.5. The van der Waals surface area contributed by atoms with E-state index in [1.165, 1.54) is 36.8 Å². The van der Waals surface area contributed by atoms with Gasteiger partial charge in [-0.05, 0) is 55.7 Å². The molecule has 3 aliphatic rings. The molecule has 0 aromatic rings. The monoisotopic (exact) mass is 246 g/mol. The number of hydrogen-bond acceptors (Lipinski definition) is 2. The average molecular weight is 246 g/mol. The molecule has 2 aliphatic carbocycles. The lowest BCUT2D eigenvalue weighted by Crippen LogP contribution is -2.32. The van der Waals surface area contributed by atoms with Crippen molar-refractivity contribution in [1.82, 2.24) is 0 Å². The molecule has 0 aromatic heterocycles. The third kappa shape index (κ3) is 2.77. The fourth-order valence-corrected chi connectivity index (χ4v) is 3.05. The maximum Gasteiger partial charge on any atom is 0.169 e. The van der Waals surface area contributed by atoms with Crippen LogP contribution in [0.5, 0.6) is 0 Å². The van der Waals surface area contributed by atoms with Gasteiger partial charge < -0.3 is 9.47 Å². The highest BCUT2D eigenvalue weighted by Crippen LogP contribution is 2.37. The Balaban J connectivity index is 1.61. The summed E-state index contributed by atoms with van der Waals surface area (Å²) in [4.78, 5) is 0. The van der Waals surface area contributed by atoms with Crippen LogP contribution in [0.15, 0.2) is 29.0 Å². The van der Waals surface area contributed by atoms with Crippen LogP contribution >= 0.6 is 0 Å². The van der Waals surface area contributed by atoms with Crippen LogP contribution in [-0.2, 0) is 9.47 Å². The lowest BCUT2D eigenvalue weighted by molar-refractivity contribution is -0.171. The van der Waals surface area contributed by atoms with Crippen molar-refractivity contribution < 1.29 is 9.47 Å². The van der Waals surface area contributed by atoms with Crippen molar-refractivity contribution in [3.05, 3.63) is 29.0 Å². The minimum absolute atomic E-state index is 0.241. The van der Waals surface area contributed by atoms with Crippen molar-refractivity contribution in [1.29, 1.82) is 0 Å². The largest absolute Gasteiger partial charge is 0.348 e. The molecule has 1 heterocycles. The van der Waals surface area contributed by atoms with Gasteiger partial charge in [0, 0.05) is 12.8 Å². The molecule has 0 atom stereocenters. The van der Waals surface area contributed by atoms with E-state index in [0.29, 0.717) is 0 Å². The normalized spacial score (nSPS) is 26.9. The summed E-state index contributed by atoms with van der Waals surface area (Å²) in [7, 11) is 0. The molecule has 18 heavy (non-hydrogen) atoms. The Morgan fingerprint density at radius 2 is 1.83 bits per heavy atom. The maximum atomic E-state index is 5.74. The van der Waals surface area contributed by atoms with E-state index in [0.717, 1.165) is 38.9 Å². The molecule has 1 aliphatic heterocycles. The average Bonchev–Trinajstić information content (AvgIpc) is 2.88. The molecular weight excluding hydrogens is 224 g/mol. The first-order valence-electron chi connectivity index (χ1n) is 7.28. The van der Waals surface area contributed by atoms with E-state index in [-0.39, 0.29) is 5.79 Å². The fourth-order valence-electron chi connectivity index (χ4n) is 3.05. The number of ether oxygens (including phenoxy) is 2. The van der Waals surface area contributed by atoms with Crippen molar-refractivity contribution >= 4 is 0 Å². The highest BCUT2D eigenvalue weighted by atomic mass is 16.7. The fraction of sp³-hybridized carbons (Fsp3) is 0.688. The van der Waals surface area contributed by atoms with E-state index in [4.69, 9.17) is 9.47 Å². The summed E-state index contributed by atoms with van der Waals surface area (Å²) in [5.41, 5.74) is 6.42. The van der Waals surface area contributed by atoms with E-state index in [1.807, 2.05) is 0 Å². The van der Waals surface area contributed by atoms with Crippen molar-refractivity contribution in [3.63, 3.8) is 0 Å². The minimum Gasteiger partial charge on any atom is -0.348 e. The molecule has 0 bridgehead atoms. The Kier molecular flexibility index (Phi) is 3.69. The Hall–Kier alpha value is -0.820.